The van der Waals surface area contributed by atoms with Crippen LogP contribution in [-0.4, -0.2) is 52.9 Å². The van der Waals surface area contributed by atoms with Crippen molar-refractivity contribution in [2.45, 2.75) is 51.9 Å². The Morgan fingerprint density at radius 2 is 1.97 bits per heavy atom. The van der Waals surface area contributed by atoms with Crippen LogP contribution in [0.1, 0.15) is 48.3 Å². The van der Waals surface area contributed by atoms with Gasteiger partial charge in [0.05, 0.1) is 11.1 Å². The molecule has 10 heteroatoms. The van der Waals surface area contributed by atoms with Crippen LogP contribution in [0.2, 0.25) is 0 Å². The number of nitriles is 1. The summed E-state index contributed by atoms with van der Waals surface area (Å²) in [5, 5.41) is 13.5. The molecule has 0 aliphatic carbocycles. The zero-order valence-electron chi connectivity index (χ0n) is 19.9. The van der Waals surface area contributed by atoms with Gasteiger partial charge in [-0.2, -0.15) is 14.7 Å². The van der Waals surface area contributed by atoms with Crippen molar-refractivity contribution >= 4 is 27.3 Å². The van der Waals surface area contributed by atoms with Crippen molar-refractivity contribution in [3.8, 4) is 6.07 Å². The molecule has 34 heavy (non-hydrogen) atoms. The van der Waals surface area contributed by atoms with Gasteiger partial charge >= 0.3 is 0 Å². The van der Waals surface area contributed by atoms with E-state index in [1.54, 1.807) is 27.6 Å². The van der Waals surface area contributed by atoms with Gasteiger partial charge in [0.25, 0.3) is 0 Å². The maximum atomic E-state index is 13.1. The number of hydrogen-bond donors (Lipinski definition) is 0. The van der Waals surface area contributed by atoms with Gasteiger partial charge < -0.3 is 4.90 Å². The molecule has 1 aromatic carbocycles. The molecule has 0 atom stereocenters. The number of sulfonamides is 1. The number of fused-ring (bicyclic) bond motifs is 2. The number of carbonyl (C=O) groups is 1. The normalized spacial score (nSPS) is 13.5. The molecule has 1 aliphatic rings. The standard InChI is InChI=1S/C24H28N6O3S/c1-5-28(6-2)34(32,33)20-7-9-22-18(13-20)11-12-29(22)23(31)10-8-21-16(3)27-24-19(14-25)15-26-30(24)17(21)4/h7,9,13,15H,5-6,8,10-12H2,1-4H3. The predicted molar refractivity (Wildman–Crippen MR) is 128 cm³/mol. The van der Waals surface area contributed by atoms with Crippen molar-refractivity contribution in [2.75, 3.05) is 24.5 Å². The minimum atomic E-state index is -3.54. The number of rotatable bonds is 7. The Bertz CT molecular complexity index is 1420. The number of nitrogens with zero attached hydrogens (tertiary/aromatic N) is 6. The highest BCUT2D eigenvalue weighted by Crippen LogP contribution is 2.32. The Morgan fingerprint density at radius 3 is 2.65 bits per heavy atom. The second-order valence-corrected chi connectivity index (χ2v) is 10.3. The number of amides is 1. The first-order valence-electron chi connectivity index (χ1n) is 11.4. The van der Waals surface area contributed by atoms with E-state index in [1.165, 1.54) is 10.5 Å². The van der Waals surface area contributed by atoms with Gasteiger partial charge in [0.15, 0.2) is 5.65 Å². The molecule has 178 valence electrons. The number of carbonyl (C=O) groups excluding carboxylic acids is 1. The molecule has 2 aromatic heterocycles. The summed E-state index contributed by atoms with van der Waals surface area (Å²) in [4.78, 5) is 19.7. The third-order valence-corrected chi connectivity index (χ3v) is 8.55. The number of aromatic nitrogens is 3. The molecule has 0 saturated carbocycles. The fraction of sp³-hybridized carbons (Fsp3) is 0.417. The van der Waals surface area contributed by atoms with Gasteiger partial charge in [0.1, 0.15) is 11.6 Å². The van der Waals surface area contributed by atoms with E-state index in [9.17, 15) is 18.5 Å². The molecule has 0 N–H and O–H groups in total. The lowest BCUT2D eigenvalue weighted by Gasteiger charge is -2.20. The third kappa shape index (κ3) is 3.95. The van der Waals surface area contributed by atoms with E-state index >= 15 is 0 Å². The predicted octanol–water partition coefficient (Wildman–Crippen LogP) is 2.77. The van der Waals surface area contributed by atoms with Gasteiger partial charge in [0, 0.05) is 43.1 Å². The lowest BCUT2D eigenvalue weighted by Crippen LogP contribution is -2.31. The molecule has 0 radical (unpaired) electrons. The Morgan fingerprint density at radius 1 is 1.24 bits per heavy atom. The largest absolute Gasteiger partial charge is 0.312 e. The van der Waals surface area contributed by atoms with E-state index in [0.717, 1.165) is 28.2 Å². The number of aryl methyl sites for hydroxylation is 2. The van der Waals surface area contributed by atoms with Crippen molar-refractivity contribution in [3.05, 3.63) is 52.5 Å². The topological polar surface area (TPSA) is 112 Å². The summed E-state index contributed by atoms with van der Waals surface area (Å²) >= 11 is 0. The van der Waals surface area contributed by atoms with Crippen LogP contribution in [0.4, 0.5) is 5.69 Å². The van der Waals surface area contributed by atoms with Crippen molar-refractivity contribution in [1.29, 1.82) is 5.26 Å². The summed E-state index contributed by atoms with van der Waals surface area (Å²) < 4.78 is 28.8. The smallest absolute Gasteiger partial charge is 0.243 e. The SMILES string of the molecule is CCN(CC)S(=O)(=O)c1ccc2c(c1)CCN2C(=O)CCc1c(C)nc2c(C#N)cnn2c1C. The quantitative estimate of drug-likeness (QED) is 0.514. The zero-order valence-corrected chi connectivity index (χ0v) is 20.7. The molecule has 1 aliphatic heterocycles. The maximum absolute atomic E-state index is 13.1. The van der Waals surface area contributed by atoms with E-state index < -0.39 is 10.0 Å². The number of benzene rings is 1. The average Bonchev–Trinajstić information content (AvgIpc) is 3.43. The highest BCUT2D eigenvalue weighted by atomic mass is 32.2. The number of hydrogen-bond acceptors (Lipinski definition) is 6. The van der Waals surface area contributed by atoms with Gasteiger partial charge in [-0.25, -0.2) is 17.9 Å². The molecule has 4 rings (SSSR count). The Hall–Kier alpha value is -3.29. The molecule has 3 heterocycles. The Balaban J connectivity index is 1.53. The second-order valence-electron chi connectivity index (χ2n) is 8.34. The van der Waals surface area contributed by atoms with Crippen molar-refractivity contribution in [2.24, 2.45) is 0 Å². The monoisotopic (exact) mass is 480 g/mol. The molecular weight excluding hydrogens is 452 g/mol. The van der Waals surface area contributed by atoms with Crippen molar-refractivity contribution in [1.82, 2.24) is 18.9 Å². The Kier molecular flexibility index (Phi) is 6.43. The molecule has 9 nitrogen and oxygen atoms in total. The third-order valence-electron chi connectivity index (χ3n) is 6.51. The van der Waals surface area contributed by atoms with Crippen molar-refractivity contribution < 1.29 is 13.2 Å². The molecular formula is C24H28N6O3S. The van der Waals surface area contributed by atoms with Gasteiger partial charge in [-0.3, -0.25) is 4.79 Å². The fourth-order valence-electron chi connectivity index (χ4n) is 4.63. The van der Waals surface area contributed by atoms with Crippen LogP contribution >= 0.6 is 0 Å². The zero-order chi connectivity index (χ0) is 24.6. The lowest BCUT2D eigenvalue weighted by atomic mass is 10.1. The van der Waals surface area contributed by atoms with Gasteiger partial charge in [-0.15, -0.1) is 0 Å². The maximum Gasteiger partial charge on any atom is 0.243 e. The van der Waals surface area contributed by atoms with E-state index in [2.05, 4.69) is 16.2 Å². The van der Waals surface area contributed by atoms with E-state index in [-0.39, 0.29) is 10.8 Å². The second kappa shape index (κ2) is 9.16. The van der Waals surface area contributed by atoms with Crippen molar-refractivity contribution in [3.63, 3.8) is 0 Å². The van der Waals surface area contributed by atoms with Crippen LogP contribution < -0.4 is 4.90 Å². The highest BCUT2D eigenvalue weighted by Gasteiger charge is 2.28. The summed E-state index contributed by atoms with van der Waals surface area (Å²) in [6.07, 6.45) is 2.92. The molecule has 0 saturated heterocycles. The lowest BCUT2D eigenvalue weighted by molar-refractivity contribution is -0.118. The minimum absolute atomic E-state index is 0.0184. The number of anilines is 1. The van der Waals surface area contributed by atoms with E-state index in [0.29, 0.717) is 50.1 Å². The minimum Gasteiger partial charge on any atom is -0.312 e. The molecule has 0 fully saturated rings. The van der Waals surface area contributed by atoms with Gasteiger partial charge in [-0.1, -0.05) is 13.8 Å². The molecule has 0 bridgehead atoms. The van der Waals surface area contributed by atoms with Gasteiger partial charge in [0.2, 0.25) is 15.9 Å². The average molecular weight is 481 g/mol. The molecule has 3 aromatic rings. The summed E-state index contributed by atoms with van der Waals surface area (Å²) in [6, 6.07) is 7.14. The van der Waals surface area contributed by atoms with Crippen LogP contribution in [0.15, 0.2) is 29.3 Å². The summed E-state index contributed by atoms with van der Waals surface area (Å²) in [7, 11) is -3.54. The summed E-state index contributed by atoms with van der Waals surface area (Å²) in [6.45, 7) is 8.79. The molecule has 0 unspecified atom stereocenters. The first kappa shape index (κ1) is 23.9. The van der Waals surface area contributed by atoms with E-state index in [1.807, 2.05) is 27.7 Å². The molecule has 0 spiro atoms. The van der Waals surface area contributed by atoms with Crippen LogP contribution in [-0.2, 0) is 27.7 Å². The first-order chi connectivity index (χ1) is 16.2. The Labute approximate surface area is 199 Å². The summed E-state index contributed by atoms with van der Waals surface area (Å²) in [5.41, 5.74) is 5.18. The highest BCUT2D eigenvalue weighted by molar-refractivity contribution is 7.89. The molecule has 1 amide bonds. The first-order valence-corrected chi connectivity index (χ1v) is 12.8. The van der Waals surface area contributed by atoms with Crippen LogP contribution in [0.3, 0.4) is 0 Å². The van der Waals surface area contributed by atoms with E-state index in [4.69, 9.17) is 0 Å². The summed E-state index contributed by atoms with van der Waals surface area (Å²) in [5.74, 6) is -0.0184. The van der Waals surface area contributed by atoms with Crippen LogP contribution in [0, 0.1) is 25.2 Å². The van der Waals surface area contributed by atoms with Crippen LogP contribution in [0.25, 0.3) is 5.65 Å². The van der Waals surface area contributed by atoms with Crippen LogP contribution in [0.5, 0.6) is 0 Å². The van der Waals surface area contributed by atoms with Gasteiger partial charge in [-0.05, 0) is 56.0 Å². The fourth-order valence-corrected chi connectivity index (χ4v) is 6.14.